The Hall–Kier alpha value is -2.39. The highest BCUT2D eigenvalue weighted by molar-refractivity contribution is 6.34. The van der Waals surface area contributed by atoms with E-state index < -0.39 is 34.8 Å². The first-order chi connectivity index (χ1) is 13.2. The van der Waals surface area contributed by atoms with Crippen LogP contribution in [0, 0.1) is 11.6 Å². The zero-order chi connectivity index (χ0) is 20.5. The van der Waals surface area contributed by atoms with E-state index in [1.165, 1.54) is 6.07 Å². The molecule has 3 rings (SSSR count). The van der Waals surface area contributed by atoms with Gasteiger partial charge in [0.1, 0.15) is 0 Å². The van der Waals surface area contributed by atoms with Crippen molar-refractivity contribution in [1.29, 1.82) is 0 Å². The van der Waals surface area contributed by atoms with Crippen molar-refractivity contribution in [3.8, 4) is 0 Å². The topological polar surface area (TPSA) is 41.6 Å². The summed E-state index contributed by atoms with van der Waals surface area (Å²) in [6.45, 7) is 1.59. The summed E-state index contributed by atoms with van der Waals surface area (Å²) in [7, 11) is 0. The van der Waals surface area contributed by atoms with Crippen molar-refractivity contribution in [3.05, 3.63) is 58.1 Å². The van der Waals surface area contributed by atoms with Gasteiger partial charge in [0, 0.05) is 13.1 Å². The minimum Gasteiger partial charge on any atom is -0.378 e. The van der Waals surface area contributed by atoms with Crippen LogP contribution in [0.5, 0.6) is 0 Å². The zero-order valence-electron chi connectivity index (χ0n) is 14.2. The maximum absolute atomic E-state index is 13.5. The van der Waals surface area contributed by atoms with Gasteiger partial charge in [-0.05, 0) is 30.3 Å². The fourth-order valence-electron chi connectivity index (χ4n) is 2.78. The van der Waals surface area contributed by atoms with E-state index in [0.29, 0.717) is 44.1 Å². The molecule has 150 valence electrons. The predicted molar refractivity (Wildman–Crippen MR) is 93.8 cm³/mol. The van der Waals surface area contributed by atoms with Gasteiger partial charge in [-0.25, -0.2) is 8.78 Å². The molecule has 0 aromatic heterocycles. The Bertz CT molecular complexity index is 898. The first-order valence-corrected chi connectivity index (χ1v) is 8.54. The number of amides is 1. The fourth-order valence-corrected chi connectivity index (χ4v) is 3.01. The summed E-state index contributed by atoms with van der Waals surface area (Å²) in [5.74, 6) is -3.50. The van der Waals surface area contributed by atoms with E-state index >= 15 is 0 Å². The van der Waals surface area contributed by atoms with Gasteiger partial charge >= 0.3 is 6.18 Å². The lowest BCUT2D eigenvalue weighted by molar-refractivity contribution is -0.137. The summed E-state index contributed by atoms with van der Waals surface area (Å²) in [6.07, 6.45) is -4.62. The lowest BCUT2D eigenvalue weighted by Crippen LogP contribution is -2.36. The number of carbonyl (C=O) groups excluding carboxylic acids is 1. The molecule has 28 heavy (non-hydrogen) atoms. The van der Waals surface area contributed by atoms with Gasteiger partial charge < -0.3 is 15.0 Å². The Kier molecular flexibility index (Phi) is 5.76. The molecule has 0 spiro atoms. The molecule has 0 bridgehead atoms. The number of benzene rings is 2. The molecule has 1 aliphatic heterocycles. The molecule has 0 radical (unpaired) electrons. The number of nitrogens with one attached hydrogen (secondary N) is 1. The molecule has 2 aromatic rings. The zero-order valence-corrected chi connectivity index (χ0v) is 15.0. The van der Waals surface area contributed by atoms with Crippen molar-refractivity contribution in [2.75, 3.05) is 36.5 Å². The van der Waals surface area contributed by atoms with E-state index in [4.69, 9.17) is 16.3 Å². The van der Waals surface area contributed by atoms with Crippen LogP contribution in [0.3, 0.4) is 0 Å². The summed E-state index contributed by atoms with van der Waals surface area (Å²) in [4.78, 5) is 14.2. The van der Waals surface area contributed by atoms with Crippen LogP contribution in [0.15, 0.2) is 30.3 Å². The van der Waals surface area contributed by atoms with E-state index in [9.17, 15) is 26.7 Å². The highest BCUT2D eigenvalue weighted by atomic mass is 35.5. The summed E-state index contributed by atoms with van der Waals surface area (Å²) < 4.78 is 71.2. The van der Waals surface area contributed by atoms with Gasteiger partial charge in [-0.1, -0.05) is 11.6 Å². The van der Waals surface area contributed by atoms with E-state index in [0.717, 1.165) is 12.1 Å². The highest BCUT2D eigenvalue weighted by Gasteiger charge is 2.32. The van der Waals surface area contributed by atoms with E-state index in [1.54, 1.807) is 4.90 Å². The summed E-state index contributed by atoms with van der Waals surface area (Å²) in [6, 6.07) is 4.16. The third-order valence-electron chi connectivity index (χ3n) is 4.18. The van der Waals surface area contributed by atoms with Crippen LogP contribution in [0.4, 0.5) is 33.3 Å². The third-order valence-corrected chi connectivity index (χ3v) is 4.49. The Morgan fingerprint density at radius 3 is 2.36 bits per heavy atom. The van der Waals surface area contributed by atoms with Gasteiger partial charge in [-0.2, -0.15) is 13.2 Å². The number of nitrogens with zero attached hydrogens (tertiary/aromatic N) is 1. The quantitative estimate of drug-likeness (QED) is 0.577. The molecule has 0 saturated carbocycles. The van der Waals surface area contributed by atoms with Crippen LogP contribution >= 0.6 is 11.6 Å². The monoisotopic (exact) mass is 420 g/mol. The SMILES string of the molecule is O=C(Nc1cc(C(F)(F)F)ccc1N1CCOCC1)c1cc(F)c(F)cc1Cl. The molecular weight excluding hydrogens is 407 g/mol. The maximum atomic E-state index is 13.5. The molecule has 4 nitrogen and oxygen atoms in total. The van der Waals surface area contributed by atoms with Crippen molar-refractivity contribution < 1.29 is 31.5 Å². The number of halogens is 6. The number of carbonyl (C=O) groups is 1. The minimum atomic E-state index is -4.62. The Morgan fingerprint density at radius 1 is 1.07 bits per heavy atom. The van der Waals surface area contributed by atoms with E-state index in [1.807, 2.05) is 0 Å². The van der Waals surface area contributed by atoms with Gasteiger partial charge in [-0.15, -0.1) is 0 Å². The van der Waals surface area contributed by atoms with E-state index in [-0.39, 0.29) is 10.7 Å². The number of hydrogen-bond acceptors (Lipinski definition) is 3. The van der Waals surface area contributed by atoms with E-state index in [2.05, 4.69) is 5.32 Å². The Labute approximate surface area is 161 Å². The van der Waals surface area contributed by atoms with Gasteiger partial charge in [0.05, 0.1) is 40.7 Å². The second-order valence-corrected chi connectivity index (χ2v) is 6.44. The maximum Gasteiger partial charge on any atom is 0.416 e. The van der Waals surface area contributed by atoms with Crippen LogP contribution in [-0.4, -0.2) is 32.2 Å². The number of morpholine rings is 1. The second-order valence-electron chi connectivity index (χ2n) is 6.03. The summed E-state index contributed by atoms with van der Waals surface area (Å²) >= 11 is 5.78. The molecule has 0 atom stereocenters. The lowest BCUT2D eigenvalue weighted by atomic mass is 10.1. The van der Waals surface area contributed by atoms with Crippen molar-refractivity contribution in [2.45, 2.75) is 6.18 Å². The van der Waals surface area contributed by atoms with Crippen molar-refractivity contribution in [3.63, 3.8) is 0 Å². The second kappa shape index (κ2) is 7.92. The number of anilines is 2. The molecule has 1 amide bonds. The van der Waals surface area contributed by atoms with Gasteiger partial charge in [0.15, 0.2) is 11.6 Å². The van der Waals surface area contributed by atoms with Gasteiger partial charge in [0.2, 0.25) is 0 Å². The van der Waals surface area contributed by atoms with Crippen LogP contribution < -0.4 is 10.2 Å². The van der Waals surface area contributed by atoms with Crippen LogP contribution in [0.25, 0.3) is 0 Å². The van der Waals surface area contributed by atoms with Crippen molar-refractivity contribution in [1.82, 2.24) is 0 Å². The Balaban J connectivity index is 1.98. The Morgan fingerprint density at radius 2 is 1.71 bits per heavy atom. The minimum absolute atomic E-state index is 0.123. The largest absolute Gasteiger partial charge is 0.416 e. The fraction of sp³-hybridized carbons (Fsp3) is 0.278. The molecule has 2 aromatic carbocycles. The normalized spacial score (nSPS) is 14.9. The van der Waals surface area contributed by atoms with Crippen molar-refractivity contribution in [2.24, 2.45) is 0 Å². The number of rotatable bonds is 3. The molecule has 1 aliphatic rings. The molecule has 0 unspecified atom stereocenters. The van der Waals surface area contributed by atoms with Crippen LogP contribution in [-0.2, 0) is 10.9 Å². The average Bonchev–Trinajstić information content (AvgIpc) is 2.64. The summed E-state index contributed by atoms with van der Waals surface area (Å²) in [5.41, 5.74) is -1.13. The first-order valence-electron chi connectivity index (χ1n) is 8.16. The highest BCUT2D eigenvalue weighted by Crippen LogP contribution is 2.36. The van der Waals surface area contributed by atoms with Crippen LogP contribution in [0.1, 0.15) is 15.9 Å². The molecule has 1 saturated heterocycles. The third kappa shape index (κ3) is 4.36. The summed E-state index contributed by atoms with van der Waals surface area (Å²) in [5, 5.41) is 1.96. The lowest BCUT2D eigenvalue weighted by Gasteiger charge is -2.31. The molecule has 10 heteroatoms. The molecule has 1 N–H and O–H groups in total. The smallest absolute Gasteiger partial charge is 0.378 e. The molecular formula is C18H14ClF5N2O2. The molecule has 1 fully saturated rings. The van der Waals surface area contributed by atoms with Gasteiger partial charge in [0.25, 0.3) is 5.91 Å². The molecule has 0 aliphatic carbocycles. The number of ether oxygens (including phenoxy) is 1. The van der Waals surface area contributed by atoms with Crippen molar-refractivity contribution >= 4 is 28.9 Å². The number of hydrogen-bond donors (Lipinski definition) is 1. The van der Waals surface area contributed by atoms with Gasteiger partial charge in [-0.3, -0.25) is 4.79 Å². The standard InChI is InChI=1S/C18H14ClF5N2O2/c19-12-9-14(21)13(20)8-11(12)17(27)25-15-7-10(18(22,23)24)1-2-16(15)26-3-5-28-6-4-26/h1-2,7-9H,3-6H2,(H,25,27). The average molecular weight is 421 g/mol. The molecule has 1 heterocycles. The first kappa shape index (κ1) is 20.3. The predicted octanol–water partition coefficient (Wildman–Crippen LogP) is 4.73. The van der Waals surface area contributed by atoms with Crippen LogP contribution in [0.2, 0.25) is 5.02 Å². The number of alkyl halides is 3.